The average molecular weight is 542 g/mol. The van der Waals surface area contributed by atoms with Crippen molar-refractivity contribution in [3.63, 3.8) is 0 Å². The Bertz CT molecular complexity index is 1400. The number of nitrogens with zero attached hydrogens (tertiary/aromatic N) is 3. The molecule has 0 unspecified atom stereocenters. The predicted octanol–water partition coefficient (Wildman–Crippen LogP) is 5.02. The van der Waals surface area contributed by atoms with E-state index in [0.717, 1.165) is 47.4 Å². The summed E-state index contributed by atoms with van der Waals surface area (Å²) in [5.41, 5.74) is 2.14. The minimum absolute atomic E-state index is 0.00211. The molecule has 40 heavy (non-hydrogen) atoms. The molecule has 8 heteroatoms. The Kier molecular flexibility index (Phi) is 5.14. The van der Waals surface area contributed by atoms with Crippen LogP contribution in [-0.2, 0) is 21.6 Å². The molecule has 2 atom stereocenters. The lowest BCUT2D eigenvalue weighted by Crippen LogP contribution is -2.57. The molecule has 5 aliphatic carbocycles. The lowest BCUT2D eigenvalue weighted by molar-refractivity contribution is -0.384. The van der Waals surface area contributed by atoms with Crippen molar-refractivity contribution in [3.8, 4) is 0 Å². The number of fused-ring (bicyclic) bond motifs is 3. The Labute approximate surface area is 233 Å². The van der Waals surface area contributed by atoms with Crippen LogP contribution in [0.25, 0.3) is 0 Å². The summed E-state index contributed by atoms with van der Waals surface area (Å²) in [6.45, 7) is 0.556. The lowest BCUT2D eigenvalue weighted by Gasteiger charge is -2.58. The van der Waals surface area contributed by atoms with Gasteiger partial charge in [0.1, 0.15) is 5.41 Å². The summed E-state index contributed by atoms with van der Waals surface area (Å²) in [4.78, 5) is 43.9. The van der Waals surface area contributed by atoms with Crippen LogP contribution in [-0.4, -0.2) is 39.3 Å². The van der Waals surface area contributed by atoms with Crippen molar-refractivity contribution in [2.45, 2.75) is 81.9 Å². The highest BCUT2D eigenvalue weighted by molar-refractivity contribution is 6.10. The Morgan fingerprint density at radius 3 is 2.17 bits per heavy atom. The van der Waals surface area contributed by atoms with Gasteiger partial charge < -0.3 is 14.9 Å². The van der Waals surface area contributed by atoms with Gasteiger partial charge in [-0.05, 0) is 97.3 Å². The van der Waals surface area contributed by atoms with Crippen molar-refractivity contribution >= 4 is 23.2 Å². The molecule has 5 saturated carbocycles. The van der Waals surface area contributed by atoms with E-state index in [1.54, 1.807) is 12.1 Å². The molecule has 7 aliphatic rings. The summed E-state index contributed by atoms with van der Waals surface area (Å²) >= 11 is 0. The number of hydrogen-bond acceptors (Lipinski definition) is 5. The van der Waals surface area contributed by atoms with E-state index in [-0.39, 0.29) is 42.0 Å². The highest BCUT2D eigenvalue weighted by Crippen LogP contribution is 2.63. The second-order valence-corrected chi connectivity index (χ2v) is 13.8. The molecule has 1 N–H and O–H groups in total. The van der Waals surface area contributed by atoms with E-state index in [1.165, 1.54) is 50.7 Å². The van der Waals surface area contributed by atoms with Gasteiger partial charge in [0.15, 0.2) is 0 Å². The number of aliphatic hydroxyl groups is 1. The quantitative estimate of drug-likeness (QED) is 0.408. The van der Waals surface area contributed by atoms with Crippen LogP contribution in [0.1, 0.15) is 80.5 Å². The number of amides is 2. The standard InChI is InChI=1S/C32H35N3O5/c36-17-19-1-8-26-27(12-19)34(24-6-7-24)30(38)32(23-2-4-25(5-3-23)35(39)40)16-28(37)33(29(26)32)18-31-13-20-9-21(14-31)11-22(10-20)15-31/h1-5,8,12,20-22,24,29,36H,6-7,9-11,13-18H2/t20?,21?,22?,29-,31?,32-/m1/s1. The van der Waals surface area contributed by atoms with Gasteiger partial charge in [-0.2, -0.15) is 0 Å². The molecule has 208 valence electrons. The van der Waals surface area contributed by atoms with Crippen LogP contribution in [0.4, 0.5) is 11.4 Å². The van der Waals surface area contributed by atoms with E-state index in [2.05, 4.69) is 0 Å². The molecule has 8 nitrogen and oxygen atoms in total. The first-order valence-corrected chi connectivity index (χ1v) is 14.9. The lowest BCUT2D eigenvalue weighted by atomic mass is 9.49. The van der Waals surface area contributed by atoms with Crippen LogP contribution in [0.2, 0.25) is 0 Å². The molecular formula is C32H35N3O5. The Hall–Kier alpha value is -3.26. The number of anilines is 1. The maximum absolute atomic E-state index is 14.8. The molecular weight excluding hydrogens is 506 g/mol. The number of hydrogen-bond donors (Lipinski definition) is 1. The first-order valence-electron chi connectivity index (χ1n) is 14.9. The van der Waals surface area contributed by atoms with Crippen molar-refractivity contribution < 1.29 is 19.6 Å². The predicted molar refractivity (Wildman–Crippen MR) is 147 cm³/mol. The van der Waals surface area contributed by atoms with Gasteiger partial charge in [0.2, 0.25) is 11.8 Å². The largest absolute Gasteiger partial charge is 0.392 e. The van der Waals surface area contributed by atoms with Gasteiger partial charge in [0.05, 0.1) is 17.6 Å². The summed E-state index contributed by atoms with van der Waals surface area (Å²) in [6, 6.07) is 11.8. The fourth-order valence-electron chi connectivity index (χ4n) is 9.91. The third kappa shape index (κ3) is 3.41. The summed E-state index contributed by atoms with van der Waals surface area (Å²) in [7, 11) is 0. The number of non-ortho nitro benzene ring substituents is 1. The number of carbonyl (C=O) groups is 2. The zero-order chi connectivity index (χ0) is 27.4. The number of benzene rings is 2. The number of nitro benzene ring substituents is 1. The summed E-state index contributed by atoms with van der Waals surface area (Å²) in [5, 5.41) is 21.4. The Morgan fingerprint density at radius 1 is 0.950 bits per heavy atom. The smallest absolute Gasteiger partial charge is 0.269 e. The molecule has 0 spiro atoms. The third-order valence-electron chi connectivity index (χ3n) is 11.1. The van der Waals surface area contributed by atoms with Crippen LogP contribution in [0.3, 0.4) is 0 Å². The molecule has 0 aromatic heterocycles. The topological polar surface area (TPSA) is 104 Å². The van der Waals surface area contributed by atoms with Gasteiger partial charge in [-0.1, -0.05) is 24.3 Å². The van der Waals surface area contributed by atoms with Crippen molar-refractivity contribution in [2.24, 2.45) is 23.2 Å². The highest BCUT2D eigenvalue weighted by Gasteiger charge is 2.65. The van der Waals surface area contributed by atoms with Gasteiger partial charge in [-0.25, -0.2) is 0 Å². The summed E-state index contributed by atoms with van der Waals surface area (Å²) < 4.78 is 0. The van der Waals surface area contributed by atoms with Crippen LogP contribution >= 0.6 is 0 Å². The number of aliphatic hydroxyl groups excluding tert-OH is 1. The molecule has 2 heterocycles. The van der Waals surface area contributed by atoms with Crippen molar-refractivity contribution in [3.05, 3.63) is 69.3 Å². The van der Waals surface area contributed by atoms with Crippen LogP contribution in [0.5, 0.6) is 0 Å². The van der Waals surface area contributed by atoms with Crippen LogP contribution in [0, 0.1) is 33.3 Å². The molecule has 2 aromatic carbocycles. The SMILES string of the molecule is O=C1C[C@]2(c3ccc([N+](=O)[O-])cc3)C(=O)N(C3CC3)c3cc(CO)ccc3[C@H]2N1CC12CC3CC(CC(C3)C1)C2. The van der Waals surface area contributed by atoms with Gasteiger partial charge in [-0.3, -0.25) is 19.7 Å². The number of nitro groups is 1. The molecule has 6 fully saturated rings. The second kappa shape index (κ2) is 8.38. The number of carbonyl (C=O) groups excluding carboxylic acids is 2. The zero-order valence-electron chi connectivity index (χ0n) is 22.6. The van der Waals surface area contributed by atoms with Gasteiger partial charge in [0, 0.05) is 36.8 Å². The van der Waals surface area contributed by atoms with Crippen LogP contribution in [0.15, 0.2) is 42.5 Å². The highest BCUT2D eigenvalue weighted by atomic mass is 16.6. The fraction of sp³-hybridized carbons (Fsp3) is 0.562. The number of rotatable bonds is 6. The maximum atomic E-state index is 14.8. The van der Waals surface area contributed by atoms with E-state index in [4.69, 9.17) is 0 Å². The normalized spacial score (nSPS) is 35.7. The first-order chi connectivity index (χ1) is 19.3. The maximum Gasteiger partial charge on any atom is 0.269 e. The second-order valence-electron chi connectivity index (χ2n) is 13.8. The van der Waals surface area contributed by atoms with Crippen molar-refractivity contribution in [1.82, 2.24) is 4.90 Å². The van der Waals surface area contributed by atoms with E-state index in [0.29, 0.717) is 12.1 Å². The Balaban J connectivity index is 1.29. The minimum atomic E-state index is -1.13. The van der Waals surface area contributed by atoms with E-state index in [1.807, 2.05) is 28.0 Å². The summed E-state index contributed by atoms with van der Waals surface area (Å²) in [6.07, 6.45) is 9.35. The molecule has 2 amide bonds. The fourth-order valence-corrected chi connectivity index (χ4v) is 9.91. The summed E-state index contributed by atoms with van der Waals surface area (Å²) in [5.74, 6) is 2.17. The molecule has 1 saturated heterocycles. The molecule has 2 aliphatic heterocycles. The molecule has 9 rings (SSSR count). The van der Waals surface area contributed by atoms with Crippen molar-refractivity contribution in [2.75, 3.05) is 11.4 Å². The molecule has 4 bridgehead atoms. The zero-order valence-corrected chi connectivity index (χ0v) is 22.6. The van der Waals surface area contributed by atoms with E-state index in [9.17, 15) is 24.8 Å². The molecule has 0 radical (unpaired) electrons. The monoisotopic (exact) mass is 541 g/mol. The van der Waals surface area contributed by atoms with Crippen molar-refractivity contribution in [1.29, 1.82) is 0 Å². The average Bonchev–Trinajstić information content (AvgIpc) is 3.72. The minimum Gasteiger partial charge on any atom is -0.392 e. The van der Waals surface area contributed by atoms with Gasteiger partial charge in [0.25, 0.3) is 5.69 Å². The Morgan fingerprint density at radius 2 is 1.60 bits per heavy atom. The van der Waals surface area contributed by atoms with E-state index >= 15 is 0 Å². The first kappa shape index (κ1) is 24.5. The molecule has 2 aromatic rings. The third-order valence-corrected chi connectivity index (χ3v) is 11.1. The van der Waals surface area contributed by atoms with Gasteiger partial charge in [-0.15, -0.1) is 0 Å². The number of likely N-dealkylation sites (tertiary alicyclic amines) is 1. The van der Waals surface area contributed by atoms with E-state index < -0.39 is 16.4 Å². The van der Waals surface area contributed by atoms with Gasteiger partial charge >= 0.3 is 0 Å². The van der Waals surface area contributed by atoms with Crippen LogP contribution < -0.4 is 4.90 Å².